The number of carbonyl (C=O) groups is 1. The van der Waals surface area contributed by atoms with Crippen molar-refractivity contribution >= 4 is 17.4 Å². The molecular formula is C46H45N3O5. The smallest absolute Gasteiger partial charge is 0.323 e. The molecule has 1 saturated heterocycles. The lowest BCUT2D eigenvalue weighted by Crippen LogP contribution is -2.44. The molecule has 6 aromatic carbocycles. The summed E-state index contributed by atoms with van der Waals surface area (Å²) in [4.78, 5) is 15.4. The molecule has 0 radical (unpaired) electrons. The fraction of sp³-hybridized carbons (Fsp3) is 0.196. The van der Waals surface area contributed by atoms with Crippen LogP contribution < -0.4 is 15.4 Å². The van der Waals surface area contributed by atoms with E-state index in [4.69, 9.17) is 14.2 Å². The summed E-state index contributed by atoms with van der Waals surface area (Å²) < 4.78 is 19.4. The number of hydrogen-bond acceptors (Lipinski definition) is 6. The molecule has 8 heteroatoms. The van der Waals surface area contributed by atoms with Crippen LogP contribution in [0.1, 0.15) is 47.1 Å². The number of rotatable bonds is 13. The maximum atomic E-state index is 12.9. The molecule has 8 nitrogen and oxygen atoms in total. The van der Waals surface area contributed by atoms with Crippen LogP contribution in [-0.4, -0.2) is 28.7 Å². The molecule has 4 atom stereocenters. The predicted octanol–water partition coefficient (Wildman–Crippen LogP) is 10.1. The number of nitrogens with one attached hydrogen (secondary N) is 2. The second-order valence-electron chi connectivity index (χ2n) is 13.6. The Labute approximate surface area is 317 Å². The third-order valence-corrected chi connectivity index (χ3v) is 9.59. The van der Waals surface area contributed by atoms with Gasteiger partial charge in [-0.3, -0.25) is 4.90 Å². The van der Waals surface area contributed by atoms with Crippen LogP contribution in [0.25, 0.3) is 0 Å². The minimum atomic E-state index is -0.636. The molecule has 7 rings (SSSR count). The molecule has 0 saturated carbocycles. The normalized spacial score (nSPS) is 18.2. The third kappa shape index (κ3) is 9.80. The molecule has 0 aliphatic carbocycles. The van der Waals surface area contributed by atoms with Crippen molar-refractivity contribution in [2.75, 3.05) is 17.2 Å². The van der Waals surface area contributed by atoms with Crippen LogP contribution in [0, 0.1) is 5.92 Å². The first-order chi connectivity index (χ1) is 26.5. The molecule has 0 aromatic heterocycles. The van der Waals surface area contributed by atoms with Crippen molar-refractivity contribution in [3.8, 4) is 11.5 Å². The molecule has 1 fully saturated rings. The SMILES string of the molecule is CC1C(CN(Cc2ccccc2)Cc2ccccc2)OC(c2ccc(NC(=O)Nc3ccc(Oc4ccccc4)cc3)cc2)OC1c1ccc(CO)cc1. The van der Waals surface area contributed by atoms with Crippen molar-refractivity contribution in [1.82, 2.24) is 4.90 Å². The third-order valence-electron chi connectivity index (χ3n) is 9.59. The van der Waals surface area contributed by atoms with Gasteiger partial charge in [-0.2, -0.15) is 0 Å². The number of para-hydroxylation sites is 1. The van der Waals surface area contributed by atoms with Crippen molar-refractivity contribution in [3.05, 3.63) is 192 Å². The van der Waals surface area contributed by atoms with Crippen LogP contribution in [-0.2, 0) is 29.2 Å². The molecular weight excluding hydrogens is 675 g/mol. The van der Waals surface area contributed by atoms with Crippen LogP contribution in [0.15, 0.2) is 164 Å². The molecule has 0 bridgehead atoms. The van der Waals surface area contributed by atoms with Gasteiger partial charge in [0.2, 0.25) is 0 Å². The minimum absolute atomic E-state index is 0.0158. The summed E-state index contributed by atoms with van der Waals surface area (Å²) in [7, 11) is 0. The standard InChI is InChI=1S/C46H45N3O5/c1-33-43(31-49(29-34-11-5-2-6-12-34)30-35-13-7-3-8-14-35)53-45(54-44(33)37-19-17-36(32-50)18-20-37)38-21-23-39(24-22-38)47-46(51)48-40-25-27-42(28-26-40)52-41-15-9-4-10-16-41/h2-28,33,43-45,50H,29-32H2,1H3,(H2,47,48,51). The first-order valence-electron chi connectivity index (χ1n) is 18.3. The zero-order valence-corrected chi connectivity index (χ0v) is 30.3. The van der Waals surface area contributed by atoms with E-state index in [0.29, 0.717) is 23.7 Å². The van der Waals surface area contributed by atoms with Crippen molar-refractivity contribution < 1.29 is 24.1 Å². The predicted molar refractivity (Wildman–Crippen MR) is 212 cm³/mol. The highest BCUT2D eigenvalue weighted by atomic mass is 16.7. The van der Waals surface area contributed by atoms with Gasteiger partial charge in [0.1, 0.15) is 11.5 Å². The largest absolute Gasteiger partial charge is 0.457 e. The average molecular weight is 720 g/mol. The van der Waals surface area contributed by atoms with Gasteiger partial charge in [-0.05, 0) is 70.8 Å². The van der Waals surface area contributed by atoms with E-state index in [1.165, 1.54) is 11.1 Å². The lowest BCUT2D eigenvalue weighted by molar-refractivity contribution is -0.276. The number of amides is 2. The fourth-order valence-corrected chi connectivity index (χ4v) is 6.70. The number of ether oxygens (including phenoxy) is 3. The number of nitrogens with zero attached hydrogens (tertiary/aromatic N) is 1. The van der Waals surface area contributed by atoms with Gasteiger partial charge in [-0.1, -0.05) is 122 Å². The number of anilines is 2. The monoisotopic (exact) mass is 719 g/mol. The van der Waals surface area contributed by atoms with E-state index < -0.39 is 6.29 Å². The quantitative estimate of drug-likeness (QED) is 0.110. The summed E-state index contributed by atoms with van der Waals surface area (Å²) in [6.45, 7) is 4.41. The second-order valence-corrected chi connectivity index (χ2v) is 13.6. The number of aliphatic hydroxyl groups excluding tert-OH is 1. The van der Waals surface area contributed by atoms with Gasteiger partial charge >= 0.3 is 6.03 Å². The lowest BCUT2D eigenvalue weighted by atomic mass is 9.89. The van der Waals surface area contributed by atoms with E-state index in [2.05, 4.69) is 71.0 Å². The van der Waals surface area contributed by atoms with Gasteiger partial charge < -0.3 is 30.0 Å². The van der Waals surface area contributed by atoms with Gasteiger partial charge in [-0.15, -0.1) is 0 Å². The van der Waals surface area contributed by atoms with E-state index in [9.17, 15) is 9.90 Å². The Kier molecular flexibility index (Phi) is 12.1. The zero-order valence-electron chi connectivity index (χ0n) is 30.3. The van der Waals surface area contributed by atoms with Gasteiger partial charge in [0.05, 0.1) is 18.8 Å². The van der Waals surface area contributed by atoms with Crippen molar-refractivity contribution in [2.45, 2.75) is 45.1 Å². The number of urea groups is 1. The Morgan fingerprint density at radius 3 is 1.67 bits per heavy atom. The molecule has 1 aliphatic heterocycles. The highest BCUT2D eigenvalue weighted by Gasteiger charge is 2.39. The first kappa shape index (κ1) is 36.6. The second kappa shape index (κ2) is 17.8. The van der Waals surface area contributed by atoms with Crippen molar-refractivity contribution in [1.29, 1.82) is 0 Å². The van der Waals surface area contributed by atoms with Crippen molar-refractivity contribution in [2.24, 2.45) is 5.92 Å². The lowest BCUT2D eigenvalue weighted by Gasteiger charge is -2.43. The molecule has 3 N–H and O–H groups in total. The highest BCUT2D eigenvalue weighted by molar-refractivity contribution is 5.99. The van der Waals surface area contributed by atoms with Crippen LogP contribution >= 0.6 is 0 Å². The van der Waals surface area contributed by atoms with Crippen LogP contribution in [0.5, 0.6) is 11.5 Å². The summed E-state index contributed by atoms with van der Waals surface area (Å²) in [6, 6.07) is 53.0. The summed E-state index contributed by atoms with van der Waals surface area (Å²) in [5, 5.41) is 15.5. The van der Waals surface area contributed by atoms with E-state index >= 15 is 0 Å². The van der Waals surface area contributed by atoms with E-state index in [-0.39, 0.29) is 30.8 Å². The fourth-order valence-electron chi connectivity index (χ4n) is 6.70. The minimum Gasteiger partial charge on any atom is -0.457 e. The molecule has 1 aliphatic rings. The molecule has 2 amide bonds. The van der Waals surface area contributed by atoms with Crippen molar-refractivity contribution in [3.63, 3.8) is 0 Å². The Balaban J connectivity index is 1.05. The topological polar surface area (TPSA) is 92.3 Å². The zero-order chi connectivity index (χ0) is 37.1. The summed E-state index contributed by atoms with van der Waals surface area (Å²) >= 11 is 0. The Morgan fingerprint density at radius 2 is 1.11 bits per heavy atom. The number of aliphatic hydroxyl groups is 1. The van der Waals surface area contributed by atoms with E-state index in [0.717, 1.165) is 35.5 Å². The molecule has 6 aromatic rings. The van der Waals surface area contributed by atoms with Gasteiger partial charge in [0.15, 0.2) is 6.29 Å². The summed E-state index contributed by atoms with van der Waals surface area (Å²) in [5.74, 6) is 1.45. The Morgan fingerprint density at radius 1 is 0.611 bits per heavy atom. The van der Waals surface area contributed by atoms with Crippen LogP contribution in [0.3, 0.4) is 0 Å². The summed E-state index contributed by atoms with van der Waals surface area (Å²) in [6.07, 6.45) is -1.04. The van der Waals surface area contributed by atoms with Crippen LogP contribution in [0.4, 0.5) is 16.2 Å². The maximum Gasteiger partial charge on any atom is 0.323 e. The Bertz CT molecular complexity index is 2000. The van der Waals surface area contributed by atoms with E-state index in [1.54, 1.807) is 12.1 Å². The Hall–Kier alpha value is -5.77. The number of benzene rings is 6. The molecule has 274 valence electrons. The summed E-state index contributed by atoms with van der Waals surface area (Å²) in [5.41, 5.74) is 6.48. The number of carbonyl (C=O) groups excluding carboxylic acids is 1. The number of hydrogen-bond donors (Lipinski definition) is 3. The van der Waals surface area contributed by atoms with Gasteiger partial charge in [-0.25, -0.2) is 4.79 Å². The first-order valence-corrected chi connectivity index (χ1v) is 18.3. The molecule has 54 heavy (non-hydrogen) atoms. The highest BCUT2D eigenvalue weighted by Crippen LogP contribution is 2.42. The molecule has 4 unspecified atom stereocenters. The average Bonchev–Trinajstić information content (AvgIpc) is 3.21. The molecule has 0 spiro atoms. The van der Waals surface area contributed by atoms with Gasteiger partial charge in [0, 0.05) is 42.5 Å². The van der Waals surface area contributed by atoms with Gasteiger partial charge in [0.25, 0.3) is 0 Å². The molecule has 1 heterocycles. The van der Waals surface area contributed by atoms with E-state index in [1.807, 2.05) is 103 Å². The maximum absolute atomic E-state index is 12.9. The van der Waals surface area contributed by atoms with Crippen LogP contribution in [0.2, 0.25) is 0 Å².